The van der Waals surface area contributed by atoms with Crippen LogP contribution in [-0.4, -0.2) is 37.1 Å². The lowest BCUT2D eigenvalue weighted by molar-refractivity contribution is 0.133. The summed E-state index contributed by atoms with van der Waals surface area (Å²) in [5, 5.41) is 9.37. The standard InChI is InChI=1S/C16H20ClN3/c17-10-13-4-5-16(14(9-13)11-18)20-8-7-19-6-2-1-3-15(19)12-20/h4-5,9,15H,1-3,6-8,10,12H2. The van der Waals surface area contributed by atoms with Gasteiger partial charge >= 0.3 is 0 Å². The van der Waals surface area contributed by atoms with Gasteiger partial charge in [0.25, 0.3) is 0 Å². The van der Waals surface area contributed by atoms with E-state index in [1.165, 1.54) is 25.8 Å². The monoisotopic (exact) mass is 289 g/mol. The molecule has 0 bridgehead atoms. The molecule has 0 aromatic heterocycles. The molecule has 0 amide bonds. The zero-order valence-electron chi connectivity index (χ0n) is 11.7. The fraction of sp³-hybridized carbons (Fsp3) is 0.562. The van der Waals surface area contributed by atoms with Crippen molar-refractivity contribution in [2.45, 2.75) is 31.2 Å². The van der Waals surface area contributed by atoms with Crippen molar-refractivity contribution < 1.29 is 0 Å². The van der Waals surface area contributed by atoms with E-state index in [4.69, 9.17) is 11.6 Å². The fourth-order valence-electron chi connectivity index (χ4n) is 3.41. The van der Waals surface area contributed by atoms with Gasteiger partial charge in [-0.05, 0) is 37.1 Å². The Kier molecular flexibility index (Phi) is 4.14. The highest BCUT2D eigenvalue weighted by Gasteiger charge is 2.29. The van der Waals surface area contributed by atoms with Crippen LogP contribution in [-0.2, 0) is 5.88 Å². The molecule has 2 aliphatic rings. The van der Waals surface area contributed by atoms with E-state index >= 15 is 0 Å². The van der Waals surface area contributed by atoms with E-state index in [0.29, 0.717) is 11.9 Å². The number of piperazine rings is 1. The molecule has 0 aliphatic carbocycles. The highest BCUT2D eigenvalue weighted by Crippen LogP contribution is 2.28. The molecule has 1 atom stereocenters. The Morgan fingerprint density at radius 1 is 1.25 bits per heavy atom. The van der Waals surface area contributed by atoms with Crippen LogP contribution in [0.2, 0.25) is 0 Å². The minimum absolute atomic E-state index is 0.464. The average molecular weight is 290 g/mol. The normalized spacial score (nSPS) is 23.2. The fourth-order valence-corrected chi connectivity index (χ4v) is 3.57. The topological polar surface area (TPSA) is 30.3 Å². The van der Waals surface area contributed by atoms with E-state index in [9.17, 15) is 5.26 Å². The zero-order chi connectivity index (χ0) is 13.9. The van der Waals surface area contributed by atoms with Gasteiger partial charge in [-0.25, -0.2) is 0 Å². The number of benzene rings is 1. The summed E-state index contributed by atoms with van der Waals surface area (Å²) in [6.07, 6.45) is 3.97. The molecular weight excluding hydrogens is 270 g/mol. The van der Waals surface area contributed by atoms with Gasteiger partial charge in [0.05, 0.1) is 11.3 Å². The van der Waals surface area contributed by atoms with Crippen molar-refractivity contribution in [1.82, 2.24) is 4.90 Å². The maximum atomic E-state index is 9.37. The molecule has 2 aliphatic heterocycles. The van der Waals surface area contributed by atoms with Crippen molar-refractivity contribution in [3.05, 3.63) is 29.3 Å². The van der Waals surface area contributed by atoms with Crippen molar-refractivity contribution >= 4 is 17.3 Å². The lowest BCUT2D eigenvalue weighted by atomic mass is 9.98. The summed E-state index contributed by atoms with van der Waals surface area (Å²) < 4.78 is 0. The molecule has 1 aromatic rings. The number of rotatable bonds is 2. The predicted molar refractivity (Wildman–Crippen MR) is 82.1 cm³/mol. The molecule has 2 heterocycles. The molecule has 3 rings (SSSR count). The number of hydrogen-bond donors (Lipinski definition) is 0. The smallest absolute Gasteiger partial charge is 0.101 e. The van der Waals surface area contributed by atoms with Gasteiger partial charge in [0.1, 0.15) is 6.07 Å². The average Bonchev–Trinajstić information content (AvgIpc) is 2.53. The summed E-state index contributed by atoms with van der Waals surface area (Å²) in [5.41, 5.74) is 2.85. The maximum Gasteiger partial charge on any atom is 0.101 e. The first kappa shape index (κ1) is 13.7. The summed E-state index contributed by atoms with van der Waals surface area (Å²) in [6.45, 7) is 4.43. The van der Waals surface area contributed by atoms with E-state index in [-0.39, 0.29) is 0 Å². The van der Waals surface area contributed by atoms with Crippen LogP contribution in [0.3, 0.4) is 0 Å². The van der Waals surface area contributed by atoms with Gasteiger partial charge in [-0.1, -0.05) is 12.5 Å². The summed E-state index contributed by atoms with van der Waals surface area (Å²) in [5.74, 6) is 0.464. The zero-order valence-corrected chi connectivity index (χ0v) is 12.4. The van der Waals surface area contributed by atoms with Gasteiger partial charge in [0.2, 0.25) is 0 Å². The van der Waals surface area contributed by atoms with Crippen LogP contribution < -0.4 is 4.90 Å². The number of halogens is 1. The number of piperidine rings is 1. The van der Waals surface area contributed by atoms with Gasteiger partial charge in [0, 0.05) is 31.6 Å². The molecule has 106 valence electrons. The Hall–Kier alpha value is -1.24. The number of nitriles is 1. The molecule has 1 aromatic carbocycles. The van der Waals surface area contributed by atoms with E-state index in [0.717, 1.165) is 36.4 Å². The molecule has 0 spiro atoms. The van der Waals surface area contributed by atoms with Crippen molar-refractivity contribution in [1.29, 1.82) is 5.26 Å². The first-order valence-electron chi connectivity index (χ1n) is 7.40. The Balaban J connectivity index is 1.81. The van der Waals surface area contributed by atoms with Gasteiger partial charge in [0.15, 0.2) is 0 Å². The third-order valence-corrected chi connectivity index (χ3v) is 4.82. The third-order valence-electron chi connectivity index (χ3n) is 4.51. The number of hydrogen-bond acceptors (Lipinski definition) is 3. The molecule has 0 saturated carbocycles. The first-order chi connectivity index (χ1) is 9.81. The maximum absolute atomic E-state index is 9.37. The number of fused-ring (bicyclic) bond motifs is 1. The Morgan fingerprint density at radius 3 is 2.95 bits per heavy atom. The van der Waals surface area contributed by atoms with Crippen LogP contribution in [0, 0.1) is 11.3 Å². The minimum Gasteiger partial charge on any atom is -0.368 e. The van der Waals surface area contributed by atoms with Gasteiger partial charge < -0.3 is 4.90 Å². The van der Waals surface area contributed by atoms with Crippen LogP contribution in [0.25, 0.3) is 0 Å². The van der Waals surface area contributed by atoms with E-state index in [2.05, 4.69) is 21.9 Å². The van der Waals surface area contributed by atoms with Crippen molar-refractivity contribution in [3.63, 3.8) is 0 Å². The SMILES string of the molecule is N#Cc1cc(CCl)ccc1N1CCN2CCCCC2C1. The largest absolute Gasteiger partial charge is 0.368 e. The lowest BCUT2D eigenvalue weighted by Gasteiger charge is -2.45. The number of anilines is 1. The number of nitrogens with zero attached hydrogens (tertiary/aromatic N) is 3. The van der Waals surface area contributed by atoms with Crippen LogP contribution in [0.5, 0.6) is 0 Å². The molecule has 0 radical (unpaired) electrons. The molecule has 1 unspecified atom stereocenters. The van der Waals surface area contributed by atoms with Crippen molar-refractivity contribution in [2.75, 3.05) is 31.1 Å². The highest BCUT2D eigenvalue weighted by molar-refractivity contribution is 6.17. The van der Waals surface area contributed by atoms with Crippen LogP contribution in [0.4, 0.5) is 5.69 Å². The molecule has 20 heavy (non-hydrogen) atoms. The van der Waals surface area contributed by atoms with Crippen molar-refractivity contribution in [2.24, 2.45) is 0 Å². The molecular formula is C16H20ClN3. The van der Waals surface area contributed by atoms with Crippen LogP contribution in [0.1, 0.15) is 30.4 Å². The molecule has 4 heteroatoms. The van der Waals surface area contributed by atoms with E-state index in [1.54, 1.807) is 0 Å². The first-order valence-corrected chi connectivity index (χ1v) is 7.93. The van der Waals surface area contributed by atoms with Gasteiger partial charge in [-0.3, -0.25) is 4.90 Å². The Morgan fingerprint density at radius 2 is 2.15 bits per heavy atom. The Labute approximate surface area is 125 Å². The van der Waals surface area contributed by atoms with Crippen molar-refractivity contribution in [3.8, 4) is 6.07 Å². The second-order valence-corrected chi connectivity index (χ2v) is 6.00. The third kappa shape index (κ3) is 2.63. The predicted octanol–water partition coefficient (Wildman–Crippen LogP) is 2.97. The molecule has 0 N–H and O–H groups in total. The van der Waals surface area contributed by atoms with Crippen LogP contribution in [0.15, 0.2) is 18.2 Å². The van der Waals surface area contributed by atoms with Gasteiger partial charge in [-0.15, -0.1) is 11.6 Å². The second-order valence-electron chi connectivity index (χ2n) is 5.73. The lowest BCUT2D eigenvalue weighted by Crippen LogP contribution is -2.55. The summed E-state index contributed by atoms with van der Waals surface area (Å²) in [6, 6.07) is 9.02. The minimum atomic E-state index is 0.464. The van der Waals surface area contributed by atoms with Crippen LogP contribution >= 0.6 is 11.6 Å². The van der Waals surface area contributed by atoms with E-state index < -0.39 is 0 Å². The molecule has 2 fully saturated rings. The van der Waals surface area contributed by atoms with E-state index in [1.807, 2.05) is 12.1 Å². The summed E-state index contributed by atoms with van der Waals surface area (Å²) in [7, 11) is 0. The second kappa shape index (κ2) is 6.03. The Bertz CT molecular complexity index is 523. The molecule has 3 nitrogen and oxygen atoms in total. The summed E-state index contributed by atoms with van der Waals surface area (Å²) >= 11 is 5.86. The molecule has 2 saturated heterocycles. The summed E-state index contributed by atoms with van der Waals surface area (Å²) in [4.78, 5) is 4.99. The quantitative estimate of drug-likeness (QED) is 0.784. The number of alkyl halides is 1. The highest BCUT2D eigenvalue weighted by atomic mass is 35.5. The van der Waals surface area contributed by atoms with Gasteiger partial charge in [-0.2, -0.15) is 5.26 Å².